The van der Waals surface area contributed by atoms with E-state index in [0.29, 0.717) is 16.9 Å². The zero-order valence-corrected chi connectivity index (χ0v) is 18.4. The number of pyridine rings is 3. The van der Waals surface area contributed by atoms with Gasteiger partial charge in [0.05, 0.1) is 23.3 Å². The van der Waals surface area contributed by atoms with E-state index in [1.54, 1.807) is 30.3 Å². The number of hydrogen-bond acceptors (Lipinski definition) is 7. The van der Waals surface area contributed by atoms with Crippen molar-refractivity contribution < 1.29 is 13.2 Å². The quantitative estimate of drug-likeness (QED) is 0.499. The van der Waals surface area contributed by atoms with E-state index in [1.807, 2.05) is 31.2 Å². The Bertz CT molecular complexity index is 1420. The Balaban J connectivity index is 1.83. The van der Waals surface area contributed by atoms with Gasteiger partial charge in [-0.05, 0) is 55.0 Å². The highest BCUT2D eigenvalue weighted by Crippen LogP contribution is 2.27. The van der Waals surface area contributed by atoms with E-state index in [2.05, 4.69) is 15.0 Å². The molecule has 1 aromatic carbocycles. The Labute approximate surface area is 185 Å². The van der Waals surface area contributed by atoms with Crippen molar-refractivity contribution in [1.82, 2.24) is 15.0 Å². The SMILES string of the molecule is Cc1ccc(C(=O)N(Cc2ccc3ccc(N)nc3c2)c2cccnc2S(C)(=O)=O)cn1. The van der Waals surface area contributed by atoms with Crippen LogP contribution in [0.3, 0.4) is 0 Å². The number of hydrogen-bond donors (Lipinski definition) is 1. The summed E-state index contributed by atoms with van der Waals surface area (Å²) in [6, 6.07) is 15.7. The number of nitrogens with zero attached hydrogens (tertiary/aromatic N) is 4. The molecule has 0 fully saturated rings. The molecule has 0 aliphatic heterocycles. The topological polar surface area (TPSA) is 119 Å². The molecule has 9 heteroatoms. The fraction of sp³-hybridized carbons (Fsp3) is 0.130. The molecule has 0 aliphatic rings. The van der Waals surface area contributed by atoms with Gasteiger partial charge in [0.1, 0.15) is 5.82 Å². The third kappa shape index (κ3) is 4.42. The highest BCUT2D eigenvalue weighted by atomic mass is 32.2. The average molecular weight is 448 g/mol. The van der Waals surface area contributed by atoms with Crippen LogP contribution in [-0.2, 0) is 16.4 Å². The van der Waals surface area contributed by atoms with Gasteiger partial charge in [-0.15, -0.1) is 0 Å². The largest absolute Gasteiger partial charge is 0.384 e. The molecule has 0 saturated carbocycles. The number of benzene rings is 1. The van der Waals surface area contributed by atoms with Crippen LogP contribution in [0.15, 0.2) is 72.0 Å². The fourth-order valence-corrected chi connectivity index (χ4v) is 4.16. The number of aromatic nitrogens is 3. The summed E-state index contributed by atoms with van der Waals surface area (Å²) in [6.45, 7) is 1.93. The lowest BCUT2D eigenvalue weighted by atomic mass is 10.1. The van der Waals surface area contributed by atoms with Crippen molar-refractivity contribution in [3.63, 3.8) is 0 Å². The van der Waals surface area contributed by atoms with Crippen LogP contribution in [0.5, 0.6) is 0 Å². The molecule has 0 atom stereocenters. The van der Waals surface area contributed by atoms with Crippen LogP contribution in [0.1, 0.15) is 21.6 Å². The van der Waals surface area contributed by atoms with Crippen LogP contribution in [0.2, 0.25) is 0 Å². The molecule has 162 valence electrons. The van der Waals surface area contributed by atoms with Gasteiger partial charge in [-0.2, -0.15) is 0 Å². The number of sulfone groups is 1. The van der Waals surface area contributed by atoms with Gasteiger partial charge in [0.2, 0.25) is 0 Å². The molecule has 4 rings (SSSR count). The van der Waals surface area contributed by atoms with E-state index in [-0.39, 0.29) is 17.3 Å². The second-order valence-corrected chi connectivity index (χ2v) is 9.37. The molecule has 0 bridgehead atoms. The molecular formula is C23H21N5O3S. The Morgan fingerprint density at radius 2 is 1.84 bits per heavy atom. The first-order chi connectivity index (χ1) is 15.2. The lowest BCUT2D eigenvalue weighted by Gasteiger charge is -2.24. The van der Waals surface area contributed by atoms with Crippen molar-refractivity contribution in [3.05, 3.63) is 83.8 Å². The second-order valence-electron chi connectivity index (χ2n) is 7.44. The average Bonchev–Trinajstić information content (AvgIpc) is 2.76. The Hall–Kier alpha value is -3.85. The molecule has 0 aliphatic carbocycles. The minimum atomic E-state index is -3.68. The summed E-state index contributed by atoms with van der Waals surface area (Å²) in [7, 11) is -3.68. The molecule has 3 aromatic heterocycles. The number of carbonyl (C=O) groups excluding carboxylic acids is 1. The van der Waals surface area contributed by atoms with E-state index in [0.717, 1.165) is 22.9 Å². The molecule has 4 aromatic rings. The summed E-state index contributed by atoms with van der Waals surface area (Å²) in [5.41, 5.74) is 8.55. The minimum absolute atomic E-state index is 0.105. The van der Waals surface area contributed by atoms with Crippen LogP contribution in [0.25, 0.3) is 10.9 Å². The van der Waals surface area contributed by atoms with Crippen molar-refractivity contribution in [2.45, 2.75) is 18.5 Å². The molecule has 32 heavy (non-hydrogen) atoms. The zero-order valence-electron chi connectivity index (χ0n) is 17.6. The molecule has 8 nitrogen and oxygen atoms in total. The number of carbonyl (C=O) groups is 1. The normalized spacial score (nSPS) is 11.4. The summed E-state index contributed by atoms with van der Waals surface area (Å²) < 4.78 is 24.8. The summed E-state index contributed by atoms with van der Waals surface area (Å²) in [5, 5.41) is 0.735. The van der Waals surface area contributed by atoms with Gasteiger partial charge in [-0.1, -0.05) is 12.1 Å². The highest BCUT2D eigenvalue weighted by Gasteiger charge is 2.25. The van der Waals surface area contributed by atoms with Gasteiger partial charge in [-0.3, -0.25) is 9.78 Å². The van der Waals surface area contributed by atoms with Crippen molar-refractivity contribution in [2.75, 3.05) is 16.9 Å². The summed E-state index contributed by atoms with van der Waals surface area (Å²) in [5.74, 6) is -0.00374. The maximum absolute atomic E-state index is 13.5. The lowest BCUT2D eigenvalue weighted by molar-refractivity contribution is 0.0984. The summed E-state index contributed by atoms with van der Waals surface area (Å²) >= 11 is 0. The molecule has 0 radical (unpaired) electrons. The smallest absolute Gasteiger partial charge is 0.260 e. The molecule has 3 heterocycles. The number of nitrogens with two attached hydrogens (primary N) is 1. The standard InChI is InChI=1S/C23H21N5O3S/c1-15-5-7-18(13-26-15)23(29)28(20-4-3-11-25-22(20)32(2,30)31)14-16-6-8-17-9-10-21(24)27-19(17)12-16/h3-13H,14H2,1-2H3,(H2,24,27). The van der Waals surface area contributed by atoms with Crippen molar-refractivity contribution in [2.24, 2.45) is 0 Å². The lowest BCUT2D eigenvalue weighted by Crippen LogP contribution is -2.32. The maximum Gasteiger partial charge on any atom is 0.260 e. The number of rotatable bonds is 5. The maximum atomic E-state index is 13.5. The Morgan fingerprint density at radius 1 is 1.06 bits per heavy atom. The Kier molecular flexibility index (Phi) is 5.58. The number of amides is 1. The van der Waals surface area contributed by atoms with Gasteiger partial charge in [0, 0.05) is 29.7 Å². The first-order valence-corrected chi connectivity index (χ1v) is 11.7. The van der Waals surface area contributed by atoms with Crippen molar-refractivity contribution in [1.29, 1.82) is 0 Å². The second kappa shape index (κ2) is 8.35. The third-order valence-corrected chi connectivity index (χ3v) is 5.93. The number of nitrogen functional groups attached to an aromatic ring is 1. The van der Waals surface area contributed by atoms with Crippen LogP contribution in [0, 0.1) is 6.92 Å². The van der Waals surface area contributed by atoms with E-state index < -0.39 is 15.7 Å². The third-order valence-electron chi connectivity index (χ3n) is 4.92. The number of aryl methyl sites for hydroxylation is 1. The fourth-order valence-electron chi connectivity index (χ4n) is 3.35. The van der Waals surface area contributed by atoms with E-state index in [4.69, 9.17) is 5.73 Å². The van der Waals surface area contributed by atoms with Gasteiger partial charge in [0.15, 0.2) is 14.9 Å². The predicted octanol–water partition coefficient (Wildman–Crippen LogP) is 3.17. The van der Waals surface area contributed by atoms with Crippen molar-refractivity contribution in [3.8, 4) is 0 Å². The predicted molar refractivity (Wildman–Crippen MR) is 123 cm³/mol. The zero-order chi connectivity index (χ0) is 22.9. The van der Waals surface area contributed by atoms with Crippen LogP contribution in [0.4, 0.5) is 11.5 Å². The van der Waals surface area contributed by atoms with Gasteiger partial charge < -0.3 is 10.6 Å². The van der Waals surface area contributed by atoms with E-state index in [9.17, 15) is 13.2 Å². The van der Waals surface area contributed by atoms with Gasteiger partial charge in [-0.25, -0.2) is 18.4 Å². The first-order valence-electron chi connectivity index (χ1n) is 9.77. The first kappa shape index (κ1) is 21.4. The minimum Gasteiger partial charge on any atom is -0.384 e. The van der Waals surface area contributed by atoms with Crippen LogP contribution >= 0.6 is 0 Å². The van der Waals surface area contributed by atoms with Crippen LogP contribution < -0.4 is 10.6 Å². The molecular weight excluding hydrogens is 426 g/mol. The monoisotopic (exact) mass is 447 g/mol. The number of fused-ring (bicyclic) bond motifs is 1. The summed E-state index contributed by atoms with van der Waals surface area (Å²) in [6.07, 6.45) is 3.93. The highest BCUT2D eigenvalue weighted by molar-refractivity contribution is 7.90. The van der Waals surface area contributed by atoms with Crippen molar-refractivity contribution >= 4 is 38.2 Å². The van der Waals surface area contributed by atoms with Gasteiger partial charge in [0.25, 0.3) is 5.91 Å². The molecule has 1 amide bonds. The Morgan fingerprint density at radius 3 is 2.56 bits per heavy atom. The molecule has 0 spiro atoms. The molecule has 2 N–H and O–H groups in total. The molecule has 0 unspecified atom stereocenters. The number of anilines is 2. The van der Waals surface area contributed by atoms with Crippen LogP contribution in [-0.4, -0.2) is 35.5 Å². The van der Waals surface area contributed by atoms with Gasteiger partial charge >= 0.3 is 0 Å². The van der Waals surface area contributed by atoms with E-state index >= 15 is 0 Å². The molecule has 0 saturated heterocycles. The summed E-state index contributed by atoms with van der Waals surface area (Å²) in [4.78, 5) is 27.5. The van der Waals surface area contributed by atoms with E-state index in [1.165, 1.54) is 17.3 Å².